The van der Waals surface area contributed by atoms with E-state index in [9.17, 15) is 0 Å². The van der Waals surface area contributed by atoms with Crippen LogP contribution in [0.4, 0.5) is 5.69 Å². The Labute approximate surface area is 238 Å². The van der Waals surface area contributed by atoms with Crippen molar-refractivity contribution >= 4 is 32.9 Å². The number of hydrogen-bond donors (Lipinski definition) is 1. The third kappa shape index (κ3) is 5.07. The molecule has 0 aliphatic carbocycles. The molecule has 41 heavy (non-hydrogen) atoms. The lowest BCUT2D eigenvalue weighted by atomic mass is 9.98. The van der Waals surface area contributed by atoms with Crippen molar-refractivity contribution in [2.75, 3.05) is 5.43 Å². The summed E-state index contributed by atoms with van der Waals surface area (Å²) in [4.78, 5) is 9.04. The van der Waals surface area contributed by atoms with Crippen molar-refractivity contribution in [3.8, 4) is 22.5 Å². The second kappa shape index (κ2) is 10.9. The maximum atomic E-state index is 4.92. The fourth-order valence-electron chi connectivity index (χ4n) is 5.19. The highest BCUT2D eigenvalue weighted by Crippen LogP contribution is 2.31. The summed E-state index contributed by atoms with van der Waals surface area (Å²) in [6.07, 6.45) is 3.59. The van der Waals surface area contributed by atoms with Crippen molar-refractivity contribution < 1.29 is 0 Å². The topological polar surface area (TPSA) is 50.2 Å². The molecule has 0 atom stereocenters. The van der Waals surface area contributed by atoms with E-state index < -0.39 is 0 Å². The lowest BCUT2D eigenvalue weighted by Crippen LogP contribution is -2.06. The number of nitrogens with zero attached hydrogens (tertiary/aromatic N) is 3. The summed E-state index contributed by atoms with van der Waals surface area (Å²) in [5.74, 6) is 0. The van der Waals surface area contributed by atoms with E-state index in [4.69, 9.17) is 10.1 Å². The normalized spacial score (nSPS) is 10.9. The number of hydrogen-bond acceptors (Lipinski definition) is 4. The van der Waals surface area contributed by atoms with Gasteiger partial charge in [-0.3, -0.25) is 10.4 Å². The quantitative estimate of drug-likeness (QED) is 0.134. The Bertz CT molecular complexity index is 1960. The molecule has 0 radical (unpaired) electrons. The summed E-state index contributed by atoms with van der Waals surface area (Å²) in [5.41, 5.74) is 11.3. The Balaban J connectivity index is 1.21. The van der Waals surface area contributed by atoms with Gasteiger partial charge in [-0.25, -0.2) is 4.98 Å². The summed E-state index contributed by atoms with van der Waals surface area (Å²) in [6, 6.07) is 48.0. The number of hydrazone groups is 1. The number of anilines is 1. The van der Waals surface area contributed by atoms with Crippen LogP contribution in [0.25, 0.3) is 44.1 Å². The molecule has 0 aliphatic rings. The van der Waals surface area contributed by atoms with E-state index in [1.165, 1.54) is 16.2 Å². The van der Waals surface area contributed by atoms with Gasteiger partial charge in [0, 0.05) is 34.6 Å². The molecule has 1 N–H and O–H groups in total. The Morgan fingerprint density at radius 2 is 1.12 bits per heavy atom. The van der Waals surface area contributed by atoms with Gasteiger partial charge in [0.2, 0.25) is 0 Å². The molecule has 2 aromatic heterocycles. The van der Waals surface area contributed by atoms with Crippen LogP contribution in [-0.4, -0.2) is 15.7 Å². The van der Waals surface area contributed by atoms with Crippen LogP contribution in [0.15, 0.2) is 157 Å². The number of pyridine rings is 2. The van der Waals surface area contributed by atoms with Crippen LogP contribution in [0, 0.1) is 0 Å². The van der Waals surface area contributed by atoms with Crippen LogP contribution in [0.3, 0.4) is 0 Å². The predicted octanol–water partition coefficient (Wildman–Crippen LogP) is 8.98. The summed E-state index contributed by atoms with van der Waals surface area (Å²) < 4.78 is 0. The Morgan fingerprint density at radius 1 is 0.512 bits per heavy atom. The van der Waals surface area contributed by atoms with Crippen LogP contribution in [-0.2, 0) is 0 Å². The minimum absolute atomic E-state index is 0.902. The average Bonchev–Trinajstić information content (AvgIpc) is 3.06. The van der Waals surface area contributed by atoms with Gasteiger partial charge in [0.15, 0.2) is 0 Å². The zero-order valence-electron chi connectivity index (χ0n) is 22.3. The first kappa shape index (κ1) is 24.4. The molecule has 0 saturated heterocycles. The first-order valence-corrected chi connectivity index (χ1v) is 13.6. The van der Waals surface area contributed by atoms with Crippen molar-refractivity contribution in [1.82, 2.24) is 9.97 Å². The van der Waals surface area contributed by atoms with Gasteiger partial charge in [0.05, 0.1) is 22.8 Å². The largest absolute Gasteiger partial charge is 0.278 e. The summed E-state index contributed by atoms with van der Waals surface area (Å²) >= 11 is 0. The monoisotopic (exact) mass is 526 g/mol. The molecule has 0 spiro atoms. The molecule has 194 valence electrons. The maximum Gasteiger partial charge on any atom is 0.0977 e. The zero-order valence-corrected chi connectivity index (χ0v) is 22.3. The molecule has 0 bridgehead atoms. The van der Waals surface area contributed by atoms with Gasteiger partial charge < -0.3 is 0 Å². The molecule has 7 rings (SSSR count). The number of aromatic nitrogens is 2. The average molecular weight is 527 g/mol. The highest BCUT2D eigenvalue weighted by atomic mass is 15.3. The molecule has 2 heterocycles. The second-order valence-electron chi connectivity index (χ2n) is 9.89. The van der Waals surface area contributed by atoms with E-state index in [0.717, 1.165) is 50.4 Å². The molecular weight excluding hydrogens is 500 g/mol. The molecule has 7 aromatic rings. The van der Waals surface area contributed by atoms with Gasteiger partial charge in [-0.2, -0.15) is 5.10 Å². The lowest BCUT2D eigenvalue weighted by Gasteiger charge is -2.11. The third-order valence-electron chi connectivity index (χ3n) is 7.25. The fourth-order valence-corrected chi connectivity index (χ4v) is 5.19. The van der Waals surface area contributed by atoms with Gasteiger partial charge in [0.25, 0.3) is 0 Å². The Morgan fingerprint density at radius 3 is 1.80 bits per heavy atom. The molecule has 0 unspecified atom stereocenters. The fraction of sp³-hybridized carbons (Fsp3) is 0. The van der Waals surface area contributed by atoms with Crippen molar-refractivity contribution in [1.29, 1.82) is 0 Å². The van der Waals surface area contributed by atoms with Crippen LogP contribution in [0.5, 0.6) is 0 Å². The molecule has 0 aliphatic heterocycles. The standard InChI is InChI=1S/C37H26N4/c1-3-8-27(9-4-1)37(28-10-5-2-6-11-28)41-40-32-17-19-34-30(25-32)15-14-29-24-31(16-18-33(29)34)36-13-7-12-35(39-36)26-20-22-38-23-21-26/h1-25,40H. The van der Waals surface area contributed by atoms with E-state index in [-0.39, 0.29) is 0 Å². The molecule has 0 fully saturated rings. The van der Waals surface area contributed by atoms with Crippen LogP contribution in [0.1, 0.15) is 11.1 Å². The van der Waals surface area contributed by atoms with Crippen molar-refractivity contribution in [3.63, 3.8) is 0 Å². The minimum atomic E-state index is 0.902. The van der Waals surface area contributed by atoms with Gasteiger partial charge in [-0.05, 0) is 64.0 Å². The van der Waals surface area contributed by atoms with E-state index in [2.05, 4.69) is 95.3 Å². The molecule has 0 saturated carbocycles. The van der Waals surface area contributed by atoms with Gasteiger partial charge in [-0.15, -0.1) is 0 Å². The highest BCUT2D eigenvalue weighted by Gasteiger charge is 2.09. The van der Waals surface area contributed by atoms with Crippen LogP contribution >= 0.6 is 0 Å². The first-order valence-electron chi connectivity index (χ1n) is 13.6. The summed E-state index contributed by atoms with van der Waals surface area (Å²) in [5, 5.41) is 9.58. The summed E-state index contributed by atoms with van der Waals surface area (Å²) in [7, 11) is 0. The third-order valence-corrected chi connectivity index (χ3v) is 7.25. The second-order valence-corrected chi connectivity index (χ2v) is 9.89. The maximum absolute atomic E-state index is 4.92. The Kier molecular flexibility index (Phi) is 6.48. The summed E-state index contributed by atoms with van der Waals surface area (Å²) in [6.45, 7) is 0. The SMILES string of the molecule is c1ccc(C(=NNc2ccc3c(ccc4cc(-c5cccc(-c6ccncc6)n5)ccc43)c2)c2ccccc2)cc1. The number of benzene rings is 5. The molecule has 4 nitrogen and oxygen atoms in total. The van der Waals surface area contributed by atoms with Gasteiger partial charge >= 0.3 is 0 Å². The van der Waals surface area contributed by atoms with Crippen molar-refractivity contribution in [3.05, 3.63) is 163 Å². The number of fused-ring (bicyclic) bond motifs is 3. The van der Waals surface area contributed by atoms with E-state index in [0.29, 0.717) is 0 Å². The van der Waals surface area contributed by atoms with E-state index in [1.807, 2.05) is 54.6 Å². The molecule has 5 aromatic carbocycles. The smallest absolute Gasteiger partial charge is 0.0977 e. The molecule has 0 amide bonds. The van der Waals surface area contributed by atoms with Crippen LogP contribution < -0.4 is 5.43 Å². The zero-order chi connectivity index (χ0) is 27.4. The van der Waals surface area contributed by atoms with E-state index in [1.54, 1.807) is 12.4 Å². The predicted molar refractivity (Wildman–Crippen MR) is 170 cm³/mol. The van der Waals surface area contributed by atoms with Crippen molar-refractivity contribution in [2.24, 2.45) is 5.10 Å². The van der Waals surface area contributed by atoms with E-state index >= 15 is 0 Å². The van der Waals surface area contributed by atoms with Gasteiger partial charge in [-0.1, -0.05) is 97.1 Å². The highest BCUT2D eigenvalue weighted by molar-refractivity contribution is 6.13. The molecular formula is C37H26N4. The van der Waals surface area contributed by atoms with Crippen molar-refractivity contribution in [2.45, 2.75) is 0 Å². The molecule has 4 heteroatoms. The number of rotatable bonds is 6. The minimum Gasteiger partial charge on any atom is -0.278 e. The van der Waals surface area contributed by atoms with Gasteiger partial charge in [0.1, 0.15) is 0 Å². The Hall–Kier alpha value is -5.61. The lowest BCUT2D eigenvalue weighted by molar-refractivity contribution is 1.29. The number of nitrogens with one attached hydrogen (secondary N) is 1. The van der Waals surface area contributed by atoms with Crippen LogP contribution in [0.2, 0.25) is 0 Å². The first-order chi connectivity index (χ1) is 20.3.